The maximum atomic E-state index is 13.1. The topological polar surface area (TPSA) is 93.0 Å². The average molecular weight is 414 g/mol. The number of nitrogens with one attached hydrogen (secondary N) is 1. The Bertz CT molecular complexity index is 1190. The van der Waals surface area contributed by atoms with Gasteiger partial charge in [-0.1, -0.05) is 6.07 Å². The molecule has 3 aromatic rings. The van der Waals surface area contributed by atoms with Gasteiger partial charge in [0, 0.05) is 24.8 Å². The molecule has 0 atom stereocenters. The first-order chi connectivity index (χ1) is 13.9. The molecular weight excluding hydrogens is 392 g/mol. The zero-order chi connectivity index (χ0) is 20.6. The van der Waals surface area contributed by atoms with Crippen LogP contribution < -0.4 is 14.4 Å². The van der Waals surface area contributed by atoms with Crippen LogP contribution in [0.2, 0.25) is 0 Å². The monoisotopic (exact) mass is 414 g/mol. The highest BCUT2D eigenvalue weighted by Crippen LogP contribution is 2.31. The minimum absolute atomic E-state index is 0.00340. The molecule has 2 aromatic heterocycles. The molecule has 1 amide bonds. The Balaban J connectivity index is 1.65. The van der Waals surface area contributed by atoms with Crippen LogP contribution in [0.15, 0.2) is 47.5 Å². The summed E-state index contributed by atoms with van der Waals surface area (Å²) in [5.41, 5.74) is 2.82. The number of carbonyl (C=O) groups excluding carboxylic acids is 1. The molecule has 152 valence electrons. The molecule has 1 aromatic carbocycles. The predicted molar refractivity (Wildman–Crippen MR) is 109 cm³/mol. The highest BCUT2D eigenvalue weighted by Gasteiger charge is 2.26. The second-order valence-electron chi connectivity index (χ2n) is 6.88. The molecule has 9 heteroatoms. The lowest BCUT2D eigenvalue weighted by Gasteiger charge is -2.18. The van der Waals surface area contributed by atoms with E-state index in [1.54, 1.807) is 17.0 Å². The first-order valence-corrected chi connectivity index (χ1v) is 10.8. The summed E-state index contributed by atoms with van der Waals surface area (Å²) in [6.07, 6.45) is 3.08. The van der Waals surface area contributed by atoms with Crippen LogP contribution in [0, 0.1) is 6.92 Å². The Labute approximate surface area is 169 Å². The highest BCUT2D eigenvalue weighted by molar-refractivity contribution is 7.89. The standard InChI is InChI=1S/C20H22N4O4S/c1-14-16(24-10-4-3-6-19(24)22-14)13-21-29(26,27)18-12-15(8-9-17(18)28-2)23-11-5-7-20(23)25/h3-4,6,8-10,12,21H,5,7,11,13H2,1-2H3. The molecule has 0 unspecified atom stereocenters. The molecule has 0 bridgehead atoms. The van der Waals surface area contributed by atoms with Crippen LogP contribution in [-0.2, 0) is 21.4 Å². The molecule has 3 heterocycles. The van der Waals surface area contributed by atoms with E-state index in [1.165, 1.54) is 13.2 Å². The Morgan fingerprint density at radius 3 is 2.79 bits per heavy atom. The summed E-state index contributed by atoms with van der Waals surface area (Å²) in [4.78, 5) is 18.1. The highest BCUT2D eigenvalue weighted by atomic mass is 32.2. The van der Waals surface area contributed by atoms with E-state index in [0.717, 1.165) is 23.5 Å². The van der Waals surface area contributed by atoms with Gasteiger partial charge in [-0.2, -0.15) is 0 Å². The number of methoxy groups -OCH3 is 1. The number of benzene rings is 1. The molecule has 1 saturated heterocycles. The number of ether oxygens (including phenoxy) is 1. The second kappa shape index (κ2) is 7.49. The maximum Gasteiger partial charge on any atom is 0.244 e. The van der Waals surface area contributed by atoms with Crippen molar-refractivity contribution in [3.05, 3.63) is 54.0 Å². The lowest BCUT2D eigenvalue weighted by Crippen LogP contribution is -2.27. The van der Waals surface area contributed by atoms with Gasteiger partial charge in [-0.25, -0.2) is 18.1 Å². The van der Waals surface area contributed by atoms with Crippen molar-refractivity contribution in [2.45, 2.75) is 31.2 Å². The summed E-state index contributed by atoms with van der Waals surface area (Å²) >= 11 is 0. The third kappa shape index (κ3) is 3.58. The van der Waals surface area contributed by atoms with E-state index in [4.69, 9.17) is 4.74 Å². The van der Waals surface area contributed by atoms with Crippen molar-refractivity contribution < 1.29 is 17.9 Å². The van der Waals surface area contributed by atoms with E-state index in [9.17, 15) is 13.2 Å². The van der Waals surface area contributed by atoms with Crippen molar-refractivity contribution in [2.75, 3.05) is 18.6 Å². The normalized spacial score (nSPS) is 14.7. The Hall–Kier alpha value is -2.91. The Morgan fingerprint density at radius 1 is 1.24 bits per heavy atom. The predicted octanol–water partition coefficient (Wildman–Crippen LogP) is 2.26. The van der Waals surface area contributed by atoms with Crippen LogP contribution in [-0.4, -0.2) is 37.4 Å². The van der Waals surface area contributed by atoms with E-state index < -0.39 is 10.0 Å². The van der Waals surface area contributed by atoms with Crippen LogP contribution in [0.25, 0.3) is 5.65 Å². The van der Waals surface area contributed by atoms with Crippen molar-refractivity contribution in [1.29, 1.82) is 0 Å². The fourth-order valence-corrected chi connectivity index (χ4v) is 4.76. The van der Waals surface area contributed by atoms with Gasteiger partial charge in [0.2, 0.25) is 15.9 Å². The van der Waals surface area contributed by atoms with Crippen molar-refractivity contribution in [1.82, 2.24) is 14.1 Å². The van der Waals surface area contributed by atoms with Crippen LogP contribution in [0.5, 0.6) is 5.75 Å². The molecule has 0 aliphatic carbocycles. The van der Waals surface area contributed by atoms with Gasteiger partial charge in [-0.15, -0.1) is 0 Å². The Morgan fingerprint density at radius 2 is 2.07 bits per heavy atom. The summed E-state index contributed by atoms with van der Waals surface area (Å²) in [5, 5.41) is 0. The largest absolute Gasteiger partial charge is 0.495 e. The smallest absolute Gasteiger partial charge is 0.244 e. The lowest BCUT2D eigenvalue weighted by molar-refractivity contribution is -0.117. The fraction of sp³-hybridized carbons (Fsp3) is 0.300. The summed E-state index contributed by atoms with van der Waals surface area (Å²) in [5.74, 6) is 0.218. The van der Waals surface area contributed by atoms with E-state index in [2.05, 4.69) is 9.71 Å². The molecule has 1 aliphatic rings. The van der Waals surface area contributed by atoms with Gasteiger partial charge in [-0.3, -0.25) is 4.79 Å². The maximum absolute atomic E-state index is 13.1. The number of imidazole rings is 1. The third-order valence-corrected chi connectivity index (χ3v) is 6.50. The van der Waals surface area contributed by atoms with Crippen molar-refractivity contribution >= 4 is 27.3 Å². The number of aryl methyl sites for hydroxylation is 1. The summed E-state index contributed by atoms with van der Waals surface area (Å²) < 4.78 is 35.9. The Kier molecular flexibility index (Phi) is 5.01. The molecule has 29 heavy (non-hydrogen) atoms. The van der Waals surface area contributed by atoms with Crippen LogP contribution in [0.4, 0.5) is 5.69 Å². The van der Waals surface area contributed by atoms with E-state index in [0.29, 0.717) is 18.7 Å². The molecule has 0 radical (unpaired) electrons. The summed E-state index contributed by atoms with van der Waals surface area (Å²) in [6.45, 7) is 2.51. The van der Waals surface area contributed by atoms with Gasteiger partial charge in [0.05, 0.1) is 25.0 Å². The quantitative estimate of drug-likeness (QED) is 0.668. The third-order valence-electron chi connectivity index (χ3n) is 5.08. The van der Waals surface area contributed by atoms with Crippen LogP contribution in [0.1, 0.15) is 24.2 Å². The second-order valence-corrected chi connectivity index (χ2v) is 8.62. The number of fused-ring (bicyclic) bond motifs is 1. The molecule has 1 N–H and O–H groups in total. The number of hydrogen-bond donors (Lipinski definition) is 1. The zero-order valence-corrected chi connectivity index (χ0v) is 17.1. The van der Waals surface area contributed by atoms with Crippen molar-refractivity contribution in [3.8, 4) is 5.75 Å². The van der Waals surface area contributed by atoms with Crippen molar-refractivity contribution in [2.24, 2.45) is 0 Å². The van der Waals surface area contributed by atoms with Crippen LogP contribution >= 0.6 is 0 Å². The van der Waals surface area contributed by atoms with Gasteiger partial charge in [0.25, 0.3) is 0 Å². The molecule has 1 fully saturated rings. The van der Waals surface area contributed by atoms with E-state index in [-0.39, 0.29) is 23.1 Å². The number of rotatable bonds is 6. The number of hydrogen-bond acceptors (Lipinski definition) is 5. The number of nitrogens with zero attached hydrogens (tertiary/aromatic N) is 3. The van der Waals surface area contributed by atoms with E-state index >= 15 is 0 Å². The first-order valence-electron chi connectivity index (χ1n) is 9.31. The number of amides is 1. The van der Waals surface area contributed by atoms with Gasteiger partial charge >= 0.3 is 0 Å². The molecule has 4 rings (SSSR count). The number of carbonyl (C=O) groups is 1. The number of aromatic nitrogens is 2. The number of pyridine rings is 1. The number of sulfonamides is 1. The molecule has 8 nitrogen and oxygen atoms in total. The SMILES string of the molecule is COc1ccc(N2CCCC2=O)cc1S(=O)(=O)NCc1c(C)nc2ccccn12. The number of anilines is 1. The van der Waals surface area contributed by atoms with Gasteiger partial charge in [0.15, 0.2) is 0 Å². The summed E-state index contributed by atoms with van der Waals surface area (Å²) in [7, 11) is -2.47. The van der Waals surface area contributed by atoms with Crippen molar-refractivity contribution in [3.63, 3.8) is 0 Å². The minimum Gasteiger partial charge on any atom is -0.495 e. The zero-order valence-electron chi connectivity index (χ0n) is 16.3. The first kappa shape index (κ1) is 19.4. The average Bonchev–Trinajstić information content (AvgIpc) is 3.28. The van der Waals surface area contributed by atoms with Gasteiger partial charge in [-0.05, 0) is 43.7 Å². The van der Waals surface area contributed by atoms with E-state index in [1.807, 2.05) is 35.7 Å². The van der Waals surface area contributed by atoms with Gasteiger partial charge in [0.1, 0.15) is 16.3 Å². The minimum atomic E-state index is -3.89. The molecule has 0 spiro atoms. The lowest BCUT2D eigenvalue weighted by atomic mass is 10.3. The van der Waals surface area contributed by atoms with Gasteiger partial charge < -0.3 is 14.0 Å². The van der Waals surface area contributed by atoms with Crippen LogP contribution in [0.3, 0.4) is 0 Å². The fourth-order valence-electron chi connectivity index (χ4n) is 3.58. The molecule has 0 saturated carbocycles. The summed E-state index contributed by atoms with van der Waals surface area (Å²) in [6, 6.07) is 10.4. The molecular formula is C20H22N4O4S. The molecule has 1 aliphatic heterocycles.